The zero-order valence-corrected chi connectivity index (χ0v) is 19.5. The number of rotatable bonds is 3. The van der Waals surface area contributed by atoms with E-state index in [2.05, 4.69) is 0 Å². The molecule has 1 amide bonds. The number of pyridine rings is 1. The molecular weight excluding hydrogens is 449 g/mol. The quantitative estimate of drug-likeness (QED) is 0.690. The third kappa shape index (κ3) is 4.04. The van der Waals surface area contributed by atoms with Gasteiger partial charge in [0.1, 0.15) is 23.5 Å². The predicted molar refractivity (Wildman–Crippen MR) is 121 cm³/mol. The van der Waals surface area contributed by atoms with Crippen LogP contribution in [-0.4, -0.2) is 76.2 Å². The molecule has 3 heterocycles. The van der Waals surface area contributed by atoms with E-state index in [4.69, 9.17) is 9.47 Å². The maximum Gasteiger partial charge on any atom is 0.410 e. The van der Waals surface area contributed by atoms with Gasteiger partial charge in [0.25, 0.3) is 0 Å². The van der Waals surface area contributed by atoms with Gasteiger partial charge in [-0.05, 0) is 33.8 Å². The number of amides is 1. The largest absolute Gasteiger partial charge is 0.487 e. The van der Waals surface area contributed by atoms with E-state index in [1.807, 2.05) is 6.92 Å². The maximum atomic E-state index is 15.4. The smallest absolute Gasteiger partial charge is 0.410 e. The van der Waals surface area contributed by atoms with Crippen LogP contribution in [0.15, 0.2) is 17.1 Å². The molecule has 10 nitrogen and oxygen atoms in total. The van der Waals surface area contributed by atoms with Crippen molar-refractivity contribution in [2.75, 3.05) is 37.7 Å². The highest BCUT2D eigenvalue weighted by molar-refractivity contribution is 5.97. The Labute approximate surface area is 195 Å². The maximum absolute atomic E-state index is 15.4. The van der Waals surface area contributed by atoms with E-state index in [1.54, 1.807) is 30.2 Å². The highest BCUT2D eigenvalue weighted by Crippen LogP contribution is 2.42. The van der Waals surface area contributed by atoms with Gasteiger partial charge in [-0.1, -0.05) is 0 Å². The summed E-state index contributed by atoms with van der Waals surface area (Å²) in [5.41, 5.74) is -1.50. The summed E-state index contributed by atoms with van der Waals surface area (Å²) in [6.45, 7) is 7.38. The molecule has 0 unspecified atom stereocenters. The van der Waals surface area contributed by atoms with Crippen molar-refractivity contribution in [2.24, 2.45) is 0 Å². The Morgan fingerprint density at radius 1 is 1.29 bits per heavy atom. The van der Waals surface area contributed by atoms with Crippen molar-refractivity contribution in [3.8, 4) is 5.75 Å². The number of ether oxygens (including phenoxy) is 2. The molecule has 0 radical (unpaired) electrons. The van der Waals surface area contributed by atoms with Crippen molar-refractivity contribution in [3.63, 3.8) is 0 Å². The van der Waals surface area contributed by atoms with Crippen LogP contribution in [0.3, 0.4) is 0 Å². The van der Waals surface area contributed by atoms with Crippen molar-refractivity contribution in [1.82, 2.24) is 9.47 Å². The van der Waals surface area contributed by atoms with Crippen molar-refractivity contribution in [1.29, 1.82) is 0 Å². The normalized spacial score (nSPS) is 20.3. The molecule has 1 aromatic heterocycles. The van der Waals surface area contributed by atoms with Crippen LogP contribution in [0.1, 0.15) is 44.1 Å². The Hall–Kier alpha value is -3.34. The van der Waals surface area contributed by atoms with Gasteiger partial charge in [-0.2, -0.15) is 0 Å². The van der Waals surface area contributed by atoms with Gasteiger partial charge in [-0.25, -0.2) is 14.0 Å². The minimum Gasteiger partial charge on any atom is -0.487 e. The molecule has 34 heavy (non-hydrogen) atoms. The second kappa shape index (κ2) is 8.46. The first-order valence-corrected chi connectivity index (χ1v) is 11.1. The molecule has 2 atom stereocenters. The van der Waals surface area contributed by atoms with E-state index >= 15 is 4.39 Å². The molecular formula is C23H28FN3O7. The fraction of sp³-hybridized carbons (Fsp3) is 0.522. The van der Waals surface area contributed by atoms with Crippen LogP contribution in [0.2, 0.25) is 0 Å². The van der Waals surface area contributed by atoms with Crippen molar-refractivity contribution in [2.45, 2.75) is 45.4 Å². The zero-order chi connectivity index (χ0) is 24.9. The number of hydrogen-bond acceptors (Lipinski definition) is 7. The molecule has 0 aliphatic carbocycles. The molecule has 0 saturated carbocycles. The number of piperazine rings is 1. The molecule has 0 spiro atoms. The molecule has 1 aromatic carbocycles. The number of aromatic nitrogens is 1. The number of hydrogen-bond donors (Lipinski definition) is 2. The van der Waals surface area contributed by atoms with Crippen LogP contribution < -0.4 is 15.1 Å². The monoisotopic (exact) mass is 477 g/mol. The Morgan fingerprint density at radius 3 is 2.62 bits per heavy atom. The zero-order valence-electron chi connectivity index (χ0n) is 19.5. The number of carboxylic acids is 1. The molecule has 2 N–H and O–H groups in total. The van der Waals surface area contributed by atoms with Crippen LogP contribution in [0.4, 0.5) is 14.9 Å². The summed E-state index contributed by atoms with van der Waals surface area (Å²) in [4.78, 5) is 40.0. The summed E-state index contributed by atoms with van der Waals surface area (Å²) in [7, 11) is 0. The van der Waals surface area contributed by atoms with Crippen LogP contribution in [-0.2, 0) is 4.74 Å². The fourth-order valence-electron chi connectivity index (χ4n) is 4.43. The van der Waals surface area contributed by atoms with Gasteiger partial charge in [0.05, 0.1) is 29.6 Å². The summed E-state index contributed by atoms with van der Waals surface area (Å²) in [6.07, 6.45) is 0.703. The Morgan fingerprint density at radius 2 is 2.00 bits per heavy atom. The SMILES string of the molecule is C[C@H]1COc2c(N3CCN(C(=O)OC(C)(C)C)[C@@H](CO)C3)c(F)cc3c(=O)c(C(=O)O)cn1c23. The van der Waals surface area contributed by atoms with Gasteiger partial charge < -0.3 is 29.2 Å². The van der Waals surface area contributed by atoms with Gasteiger partial charge in [0, 0.05) is 25.8 Å². The summed E-state index contributed by atoms with van der Waals surface area (Å²) in [5, 5.41) is 19.3. The Kier molecular flexibility index (Phi) is 5.92. The lowest BCUT2D eigenvalue weighted by molar-refractivity contribution is 0.00697. The number of anilines is 1. The van der Waals surface area contributed by atoms with Gasteiger partial charge in [0.15, 0.2) is 11.6 Å². The third-order valence-corrected chi connectivity index (χ3v) is 6.01. The summed E-state index contributed by atoms with van der Waals surface area (Å²) in [6, 6.07) is 0.112. The Bertz CT molecular complexity index is 1220. The summed E-state index contributed by atoms with van der Waals surface area (Å²) >= 11 is 0. The predicted octanol–water partition coefficient (Wildman–Crippen LogP) is 2.21. The van der Waals surface area contributed by atoms with Gasteiger partial charge in [-0.15, -0.1) is 0 Å². The highest BCUT2D eigenvalue weighted by Gasteiger charge is 2.36. The lowest BCUT2D eigenvalue weighted by Crippen LogP contribution is -2.57. The second-order valence-corrected chi connectivity index (χ2v) is 9.63. The highest BCUT2D eigenvalue weighted by atomic mass is 19.1. The molecule has 2 aliphatic rings. The van der Waals surface area contributed by atoms with Gasteiger partial charge in [-0.3, -0.25) is 9.69 Å². The number of nitrogens with zero attached hydrogens (tertiary/aromatic N) is 3. The molecule has 1 saturated heterocycles. The molecule has 11 heteroatoms. The first-order chi connectivity index (χ1) is 15.9. The van der Waals surface area contributed by atoms with Crippen molar-refractivity contribution in [3.05, 3.63) is 33.9 Å². The standard InChI is InChI=1S/C23H28FN3O7/c1-12-11-33-20-17-14(19(29)15(21(30)31)9-27(12)17)7-16(24)18(20)25-5-6-26(13(8-25)10-28)22(32)34-23(2,3)4/h7,9,12-13,28H,5-6,8,10-11H2,1-4H3,(H,30,31)/t12-,13+/m0/s1. The number of carboxylic acid groups (broad SMARTS) is 1. The lowest BCUT2D eigenvalue weighted by atomic mass is 10.0. The summed E-state index contributed by atoms with van der Waals surface area (Å²) in [5.74, 6) is -1.99. The average molecular weight is 477 g/mol. The van der Waals surface area contributed by atoms with E-state index in [-0.39, 0.29) is 55.7 Å². The molecule has 2 aliphatic heterocycles. The second-order valence-electron chi connectivity index (χ2n) is 9.63. The fourth-order valence-corrected chi connectivity index (χ4v) is 4.43. The molecule has 4 rings (SSSR count). The van der Waals surface area contributed by atoms with Crippen molar-refractivity contribution >= 4 is 28.7 Å². The van der Waals surface area contributed by atoms with Crippen LogP contribution in [0.25, 0.3) is 10.9 Å². The van der Waals surface area contributed by atoms with Crippen LogP contribution in [0.5, 0.6) is 5.75 Å². The number of halogens is 1. The Balaban J connectivity index is 1.77. The molecule has 0 bridgehead atoms. The van der Waals surface area contributed by atoms with Gasteiger partial charge in [0.2, 0.25) is 5.43 Å². The minimum absolute atomic E-state index is 0.0752. The van der Waals surface area contributed by atoms with Gasteiger partial charge >= 0.3 is 12.1 Å². The molecule has 1 fully saturated rings. The van der Waals surface area contributed by atoms with Crippen LogP contribution >= 0.6 is 0 Å². The van der Waals surface area contributed by atoms with E-state index < -0.39 is 40.5 Å². The summed E-state index contributed by atoms with van der Waals surface area (Å²) < 4.78 is 28.4. The number of carbonyl (C=O) groups excluding carboxylic acids is 1. The van der Waals surface area contributed by atoms with E-state index in [0.717, 1.165) is 6.07 Å². The van der Waals surface area contributed by atoms with E-state index in [0.29, 0.717) is 5.52 Å². The van der Waals surface area contributed by atoms with E-state index in [1.165, 1.54) is 11.1 Å². The first kappa shape index (κ1) is 23.8. The number of carbonyl (C=O) groups is 2. The van der Waals surface area contributed by atoms with E-state index in [9.17, 15) is 24.6 Å². The first-order valence-electron chi connectivity index (χ1n) is 11.1. The number of benzene rings is 1. The van der Waals surface area contributed by atoms with Crippen molar-refractivity contribution < 1.29 is 33.7 Å². The average Bonchev–Trinajstić information content (AvgIpc) is 2.75. The molecule has 2 aromatic rings. The topological polar surface area (TPSA) is 122 Å². The third-order valence-electron chi connectivity index (χ3n) is 6.01. The molecule has 184 valence electrons. The number of aromatic carboxylic acids is 1. The van der Waals surface area contributed by atoms with Crippen LogP contribution in [0, 0.1) is 5.82 Å². The minimum atomic E-state index is -1.38. The lowest BCUT2D eigenvalue weighted by Gasteiger charge is -2.42. The number of aliphatic hydroxyl groups is 1. The number of aliphatic hydroxyl groups excluding tert-OH is 1.